The van der Waals surface area contributed by atoms with E-state index in [1.165, 1.54) is 45.1 Å². The maximum Gasteiger partial charge on any atom is 0.0254 e. The van der Waals surface area contributed by atoms with Crippen molar-refractivity contribution in [1.82, 2.24) is 10.2 Å². The molecule has 1 heterocycles. The van der Waals surface area contributed by atoms with Crippen LogP contribution >= 0.6 is 0 Å². The van der Waals surface area contributed by atoms with Crippen LogP contribution in [0.3, 0.4) is 0 Å². The van der Waals surface area contributed by atoms with Crippen molar-refractivity contribution < 1.29 is 0 Å². The van der Waals surface area contributed by atoms with E-state index >= 15 is 0 Å². The number of hydrogen-bond acceptors (Lipinski definition) is 2. The van der Waals surface area contributed by atoms with Gasteiger partial charge in [-0.05, 0) is 64.5 Å². The van der Waals surface area contributed by atoms with Crippen LogP contribution in [0.15, 0.2) is 0 Å². The Hall–Kier alpha value is -0.0800. The van der Waals surface area contributed by atoms with Gasteiger partial charge in [-0.15, -0.1) is 0 Å². The third kappa shape index (κ3) is 3.08. The van der Waals surface area contributed by atoms with E-state index in [0.29, 0.717) is 0 Å². The third-order valence-electron chi connectivity index (χ3n) is 5.45. The quantitative estimate of drug-likeness (QED) is 0.829. The minimum atomic E-state index is 0.723. The summed E-state index contributed by atoms with van der Waals surface area (Å²) in [5, 5.41) is 3.59. The van der Waals surface area contributed by atoms with E-state index < -0.39 is 0 Å². The standard InChI is InChI=1S/C16H32N2/c1-12(2)14-8-9-15(17-4)16(11-14)18-10-6-5-7-13(18)3/h12-17H,5-11H2,1-4H3. The van der Waals surface area contributed by atoms with Gasteiger partial charge in [-0.2, -0.15) is 0 Å². The first-order valence-electron chi connectivity index (χ1n) is 8.06. The van der Waals surface area contributed by atoms with Crippen LogP contribution < -0.4 is 5.32 Å². The fraction of sp³-hybridized carbons (Fsp3) is 1.00. The zero-order valence-electron chi connectivity index (χ0n) is 12.8. The summed E-state index contributed by atoms with van der Waals surface area (Å²) < 4.78 is 0. The molecule has 2 fully saturated rings. The lowest BCUT2D eigenvalue weighted by Crippen LogP contribution is -2.56. The van der Waals surface area contributed by atoms with E-state index in [2.05, 4.69) is 38.0 Å². The molecule has 1 aliphatic carbocycles. The van der Waals surface area contributed by atoms with Gasteiger partial charge in [0.25, 0.3) is 0 Å². The summed E-state index contributed by atoms with van der Waals surface area (Å²) in [4.78, 5) is 2.82. The van der Waals surface area contributed by atoms with Gasteiger partial charge < -0.3 is 5.32 Å². The predicted octanol–water partition coefficient (Wildman–Crippen LogP) is 3.27. The fourth-order valence-corrected chi connectivity index (χ4v) is 4.10. The Kier molecular flexibility index (Phi) is 5.08. The first-order chi connectivity index (χ1) is 8.63. The van der Waals surface area contributed by atoms with Gasteiger partial charge in [0, 0.05) is 18.1 Å². The van der Waals surface area contributed by atoms with E-state index in [1.807, 2.05) is 0 Å². The van der Waals surface area contributed by atoms with E-state index in [-0.39, 0.29) is 0 Å². The van der Waals surface area contributed by atoms with Crippen molar-refractivity contribution in [2.24, 2.45) is 11.8 Å². The summed E-state index contributed by atoms with van der Waals surface area (Å²) in [6.07, 6.45) is 8.44. The van der Waals surface area contributed by atoms with Crippen molar-refractivity contribution in [2.45, 2.75) is 77.4 Å². The number of likely N-dealkylation sites (tertiary alicyclic amines) is 1. The Bertz CT molecular complexity index is 251. The normalized spacial score (nSPS) is 39.2. The molecule has 1 N–H and O–H groups in total. The highest BCUT2D eigenvalue weighted by atomic mass is 15.2. The molecule has 1 saturated heterocycles. The fourth-order valence-electron chi connectivity index (χ4n) is 4.10. The molecule has 0 radical (unpaired) electrons. The van der Waals surface area contributed by atoms with Crippen LogP contribution in [-0.2, 0) is 0 Å². The Morgan fingerprint density at radius 2 is 1.89 bits per heavy atom. The molecule has 0 amide bonds. The maximum absolute atomic E-state index is 3.59. The number of piperidine rings is 1. The Labute approximate surface area is 114 Å². The number of hydrogen-bond donors (Lipinski definition) is 1. The second-order valence-corrected chi connectivity index (χ2v) is 6.86. The molecular weight excluding hydrogens is 220 g/mol. The van der Waals surface area contributed by atoms with Crippen molar-refractivity contribution in [3.8, 4) is 0 Å². The largest absolute Gasteiger partial charge is 0.315 e. The maximum atomic E-state index is 3.59. The minimum absolute atomic E-state index is 0.723. The van der Waals surface area contributed by atoms with Gasteiger partial charge in [-0.1, -0.05) is 20.3 Å². The number of nitrogens with one attached hydrogen (secondary N) is 1. The van der Waals surface area contributed by atoms with Crippen LogP contribution in [0.4, 0.5) is 0 Å². The molecule has 106 valence electrons. The molecule has 2 heteroatoms. The lowest BCUT2D eigenvalue weighted by molar-refractivity contribution is 0.0379. The molecule has 2 aliphatic rings. The highest BCUT2D eigenvalue weighted by Crippen LogP contribution is 2.35. The smallest absolute Gasteiger partial charge is 0.0254 e. The zero-order chi connectivity index (χ0) is 13.1. The first kappa shape index (κ1) is 14.3. The zero-order valence-corrected chi connectivity index (χ0v) is 12.8. The summed E-state index contributed by atoms with van der Waals surface area (Å²) in [5.41, 5.74) is 0. The first-order valence-corrected chi connectivity index (χ1v) is 8.06. The number of likely N-dealkylation sites (N-methyl/N-ethyl adjacent to an activating group) is 1. The molecule has 1 aliphatic heterocycles. The van der Waals surface area contributed by atoms with E-state index in [1.54, 1.807) is 0 Å². The topological polar surface area (TPSA) is 15.3 Å². The van der Waals surface area contributed by atoms with Gasteiger partial charge >= 0.3 is 0 Å². The summed E-state index contributed by atoms with van der Waals surface area (Å²) >= 11 is 0. The molecule has 2 rings (SSSR count). The molecule has 0 bridgehead atoms. The van der Waals surface area contributed by atoms with Crippen LogP contribution in [0.25, 0.3) is 0 Å². The van der Waals surface area contributed by atoms with Crippen LogP contribution in [-0.4, -0.2) is 36.6 Å². The lowest BCUT2D eigenvalue weighted by atomic mass is 9.75. The number of nitrogens with zero attached hydrogens (tertiary/aromatic N) is 1. The Balaban J connectivity index is 2.05. The summed E-state index contributed by atoms with van der Waals surface area (Å²) in [6.45, 7) is 8.57. The van der Waals surface area contributed by atoms with Crippen molar-refractivity contribution in [3.63, 3.8) is 0 Å². The lowest BCUT2D eigenvalue weighted by Gasteiger charge is -2.47. The summed E-state index contributed by atoms with van der Waals surface area (Å²) in [7, 11) is 2.15. The monoisotopic (exact) mass is 252 g/mol. The van der Waals surface area contributed by atoms with E-state index in [4.69, 9.17) is 0 Å². The average molecular weight is 252 g/mol. The van der Waals surface area contributed by atoms with Crippen molar-refractivity contribution in [2.75, 3.05) is 13.6 Å². The van der Waals surface area contributed by atoms with Gasteiger partial charge in [0.2, 0.25) is 0 Å². The molecule has 4 unspecified atom stereocenters. The molecule has 0 aromatic rings. The van der Waals surface area contributed by atoms with Gasteiger partial charge in [0.1, 0.15) is 0 Å². The van der Waals surface area contributed by atoms with Gasteiger partial charge in [-0.25, -0.2) is 0 Å². The van der Waals surface area contributed by atoms with Crippen LogP contribution in [0, 0.1) is 11.8 Å². The van der Waals surface area contributed by atoms with Gasteiger partial charge in [0.15, 0.2) is 0 Å². The second kappa shape index (κ2) is 6.38. The molecule has 0 aromatic carbocycles. The SMILES string of the molecule is CNC1CCC(C(C)C)CC1N1CCCCC1C. The Morgan fingerprint density at radius 3 is 2.50 bits per heavy atom. The summed E-state index contributed by atoms with van der Waals surface area (Å²) in [5.74, 6) is 1.79. The molecule has 18 heavy (non-hydrogen) atoms. The molecular formula is C16H32N2. The molecule has 4 atom stereocenters. The third-order valence-corrected chi connectivity index (χ3v) is 5.45. The van der Waals surface area contributed by atoms with E-state index in [9.17, 15) is 0 Å². The van der Waals surface area contributed by atoms with Gasteiger partial charge in [-0.3, -0.25) is 4.90 Å². The number of rotatable bonds is 3. The van der Waals surface area contributed by atoms with Crippen molar-refractivity contribution >= 4 is 0 Å². The summed E-state index contributed by atoms with van der Waals surface area (Å²) in [6, 6.07) is 2.30. The Morgan fingerprint density at radius 1 is 1.11 bits per heavy atom. The van der Waals surface area contributed by atoms with Gasteiger partial charge in [0.05, 0.1) is 0 Å². The predicted molar refractivity (Wildman–Crippen MR) is 78.8 cm³/mol. The highest BCUT2D eigenvalue weighted by molar-refractivity contribution is 4.94. The average Bonchev–Trinajstić information content (AvgIpc) is 2.38. The van der Waals surface area contributed by atoms with E-state index in [0.717, 1.165) is 30.0 Å². The van der Waals surface area contributed by atoms with Crippen molar-refractivity contribution in [1.29, 1.82) is 0 Å². The molecule has 0 aromatic heterocycles. The highest BCUT2D eigenvalue weighted by Gasteiger charge is 2.36. The van der Waals surface area contributed by atoms with Crippen LogP contribution in [0.5, 0.6) is 0 Å². The molecule has 2 nitrogen and oxygen atoms in total. The second-order valence-electron chi connectivity index (χ2n) is 6.86. The molecule has 0 spiro atoms. The van der Waals surface area contributed by atoms with Crippen molar-refractivity contribution in [3.05, 3.63) is 0 Å². The minimum Gasteiger partial charge on any atom is -0.315 e. The van der Waals surface area contributed by atoms with Crippen LogP contribution in [0.2, 0.25) is 0 Å². The van der Waals surface area contributed by atoms with Crippen LogP contribution in [0.1, 0.15) is 59.3 Å². The molecule has 1 saturated carbocycles.